The molecule has 0 saturated heterocycles. The van der Waals surface area contributed by atoms with Crippen LogP contribution in [0.3, 0.4) is 0 Å². The third kappa shape index (κ3) is 2.79. The van der Waals surface area contributed by atoms with Crippen LogP contribution in [-0.2, 0) is 11.2 Å². The van der Waals surface area contributed by atoms with Crippen molar-refractivity contribution in [2.24, 2.45) is 5.73 Å². The van der Waals surface area contributed by atoms with Gasteiger partial charge >= 0.3 is 6.18 Å². The number of nitrogens with zero attached hydrogens (tertiary/aromatic N) is 1. The summed E-state index contributed by atoms with van der Waals surface area (Å²) in [5.41, 5.74) is 5.87. The van der Waals surface area contributed by atoms with Gasteiger partial charge in [-0.2, -0.15) is 18.2 Å². The third-order valence-corrected chi connectivity index (χ3v) is 2.65. The lowest BCUT2D eigenvalue weighted by atomic mass is 9.99. The van der Waals surface area contributed by atoms with Crippen LogP contribution in [-0.4, -0.2) is 29.9 Å². The highest BCUT2D eigenvalue weighted by Gasteiger charge is 2.34. The van der Waals surface area contributed by atoms with Gasteiger partial charge in [0.15, 0.2) is 6.61 Å². The maximum Gasteiger partial charge on any atom is 0.422 e. The Kier molecular flexibility index (Phi) is 3.38. The number of hydrogen-bond donors (Lipinski definition) is 2. The van der Waals surface area contributed by atoms with Gasteiger partial charge in [-0.25, -0.2) is 0 Å². The van der Waals surface area contributed by atoms with Crippen LogP contribution >= 0.6 is 0 Å². The molecule has 19 heavy (non-hydrogen) atoms. The van der Waals surface area contributed by atoms with E-state index in [9.17, 15) is 23.2 Å². The average Bonchev–Trinajstić information content (AvgIpc) is 2.32. The summed E-state index contributed by atoms with van der Waals surface area (Å²) < 4.78 is 41.0. The number of carbonyl (C=O) groups excluding carboxylic acids is 1. The van der Waals surface area contributed by atoms with E-state index in [0.29, 0.717) is 5.56 Å². The zero-order chi connectivity index (χ0) is 14.2. The molecule has 0 aliphatic carbocycles. The molecule has 1 heterocycles. The van der Waals surface area contributed by atoms with Crippen LogP contribution in [0.15, 0.2) is 18.2 Å². The van der Waals surface area contributed by atoms with E-state index in [0.717, 1.165) is 0 Å². The molecule has 0 aromatic heterocycles. The summed E-state index contributed by atoms with van der Waals surface area (Å²) in [7, 11) is 0. The van der Waals surface area contributed by atoms with Gasteiger partial charge in [0.2, 0.25) is 0 Å². The lowest BCUT2D eigenvalue weighted by molar-refractivity contribution is -0.153. The monoisotopic (exact) mass is 276 g/mol. The number of para-hydroxylation sites is 1. The number of carbonyl (C=O) groups is 1. The molecule has 1 unspecified atom stereocenters. The molecule has 0 fully saturated rings. The number of nitrogens with two attached hydrogens (primary N) is 1. The minimum Gasteiger partial charge on any atom is -0.482 e. The highest BCUT2D eigenvalue weighted by molar-refractivity contribution is 5.99. The molecule has 1 amide bonds. The number of fused-ring (bicyclic) bond motifs is 1. The molecule has 0 bridgehead atoms. The van der Waals surface area contributed by atoms with Crippen molar-refractivity contribution in [1.29, 1.82) is 0 Å². The number of benzene rings is 1. The van der Waals surface area contributed by atoms with Gasteiger partial charge in [0, 0.05) is 0 Å². The third-order valence-electron chi connectivity index (χ3n) is 2.65. The van der Waals surface area contributed by atoms with Crippen LogP contribution < -0.4 is 15.5 Å². The zero-order valence-corrected chi connectivity index (χ0v) is 9.65. The van der Waals surface area contributed by atoms with Gasteiger partial charge in [-0.3, -0.25) is 10.0 Å². The number of hydroxylamine groups is 1. The van der Waals surface area contributed by atoms with Gasteiger partial charge in [-0.05, 0) is 18.1 Å². The quantitative estimate of drug-likeness (QED) is 0.797. The van der Waals surface area contributed by atoms with Crippen molar-refractivity contribution in [3.05, 3.63) is 23.8 Å². The van der Waals surface area contributed by atoms with E-state index in [1.807, 2.05) is 0 Å². The summed E-state index contributed by atoms with van der Waals surface area (Å²) in [6, 6.07) is 3.36. The number of alkyl halides is 3. The van der Waals surface area contributed by atoms with Crippen LogP contribution in [0.2, 0.25) is 0 Å². The largest absolute Gasteiger partial charge is 0.482 e. The Morgan fingerprint density at radius 2 is 2.16 bits per heavy atom. The van der Waals surface area contributed by atoms with Crippen LogP contribution in [0.5, 0.6) is 5.75 Å². The number of rotatable bonds is 2. The van der Waals surface area contributed by atoms with Crippen LogP contribution in [0, 0.1) is 0 Å². The summed E-state index contributed by atoms with van der Waals surface area (Å²) in [5, 5.41) is 9.90. The average molecular weight is 276 g/mol. The lowest BCUT2D eigenvalue weighted by Crippen LogP contribution is -2.47. The lowest BCUT2D eigenvalue weighted by Gasteiger charge is -2.29. The van der Waals surface area contributed by atoms with E-state index in [1.54, 1.807) is 6.07 Å². The predicted octanol–water partition coefficient (Wildman–Crippen LogP) is 1.23. The summed E-state index contributed by atoms with van der Waals surface area (Å²) in [5.74, 6) is -0.992. The van der Waals surface area contributed by atoms with Gasteiger partial charge in [-0.1, -0.05) is 12.1 Å². The van der Waals surface area contributed by atoms with Crippen molar-refractivity contribution in [2.75, 3.05) is 11.7 Å². The Morgan fingerprint density at radius 1 is 1.47 bits per heavy atom. The molecule has 2 rings (SSSR count). The zero-order valence-electron chi connectivity index (χ0n) is 9.65. The Morgan fingerprint density at radius 3 is 2.79 bits per heavy atom. The second kappa shape index (κ2) is 4.71. The molecule has 5 nitrogen and oxygen atoms in total. The molecule has 1 aliphatic heterocycles. The van der Waals surface area contributed by atoms with Crippen LogP contribution in [0.25, 0.3) is 0 Å². The van der Waals surface area contributed by atoms with Gasteiger partial charge in [0.05, 0.1) is 6.04 Å². The van der Waals surface area contributed by atoms with Crippen LogP contribution in [0.1, 0.15) is 5.56 Å². The first kappa shape index (κ1) is 13.6. The number of halogens is 3. The van der Waals surface area contributed by atoms with Gasteiger partial charge < -0.3 is 10.5 Å². The van der Waals surface area contributed by atoms with Crippen molar-refractivity contribution in [2.45, 2.75) is 18.6 Å². The molecule has 1 atom stereocenters. The number of hydrogen-bond acceptors (Lipinski definition) is 4. The van der Waals surface area contributed by atoms with Crippen molar-refractivity contribution in [3.63, 3.8) is 0 Å². The highest BCUT2D eigenvalue weighted by atomic mass is 19.4. The van der Waals surface area contributed by atoms with Crippen molar-refractivity contribution in [3.8, 4) is 5.75 Å². The topological polar surface area (TPSA) is 75.8 Å². The summed E-state index contributed by atoms with van der Waals surface area (Å²) in [6.45, 7) is -1.50. The minimum atomic E-state index is -4.50. The Balaban J connectivity index is 2.32. The first-order valence-electron chi connectivity index (χ1n) is 5.39. The van der Waals surface area contributed by atoms with Crippen molar-refractivity contribution in [1.82, 2.24) is 0 Å². The molecule has 8 heteroatoms. The van der Waals surface area contributed by atoms with E-state index >= 15 is 0 Å². The molecule has 1 aliphatic rings. The standard InChI is InChI=1S/C11H11F3N2O3/c12-11(13,14)5-19-8-3-1-2-6-4-7(15)10(17)16(18)9(6)8/h1-3,7,18H,4-5,15H2. The first-order chi connectivity index (χ1) is 8.79. The van der Waals surface area contributed by atoms with Crippen LogP contribution in [0.4, 0.5) is 18.9 Å². The molecular weight excluding hydrogens is 265 g/mol. The fourth-order valence-corrected chi connectivity index (χ4v) is 1.84. The SMILES string of the molecule is NC1Cc2cccc(OCC(F)(F)F)c2N(O)C1=O. The molecule has 0 saturated carbocycles. The number of ether oxygens (including phenoxy) is 1. The maximum absolute atomic E-state index is 12.1. The fourth-order valence-electron chi connectivity index (χ4n) is 1.84. The molecule has 0 spiro atoms. The maximum atomic E-state index is 12.1. The fraction of sp³-hybridized carbons (Fsp3) is 0.364. The van der Waals surface area contributed by atoms with E-state index in [1.165, 1.54) is 12.1 Å². The van der Waals surface area contributed by atoms with Crippen molar-refractivity contribution < 1.29 is 27.9 Å². The summed E-state index contributed by atoms with van der Waals surface area (Å²) >= 11 is 0. The molecule has 1 aromatic carbocycles. The highest BCUT2D eigenvalue weighted by Crippen LogP contribution is 2.36. The molecule has 104 valence electrons. The van der Waals surface area contributed by atoms with Gasteiger partial charge in [0.25, 0.3) is 5.91 Å². The Hall–Kier alpha value is -1.80. The normalized spacial score (nSPS) is 19.3. The van der Waals surface area contributed by atoms with E-state index in [-0.39, 0.29) is 22.9 Å². The van der Waals surface area contributed by atoms with Crippen molar-refractivity contribution >= 4 is 11.6 Å². The first-order valence-corrected chi connectivity index (χ1v) is 5.39. The molecular formula is C11H11F3N2O3. The van der Waals surface area contributed by atoms with Gasteiger partial charge in [-0.15, -0.1) is 0 Å². The second-order valence-corrected chi connectivity index (χ2v) is 4.13. The molecule has 1 aromatic rings. The smallest absolute Gasteiger partial charge is 0.422 e. The van der Waals surface area contributed by atoms with E-state index in [4.69, 9.17) is 5.73 Å². The second-order valence-electron chi connectivity index (χ2n) is 4.13. The number of amides is 1. The van der Waals surface area contributed by atoms with E-state index < -0.39 is 24.7 Å². The summed E-state index contributed by atoms with van der Waals surface area (Å²) in [4.78, 5) is 11.5. The van der Waals surface area contributed by atoms with E-state index in [2.05, 4.69) is 4.74 Å². The molecule has 3 N–H and O–H groups in total. The Labute approximate surface area is 106 Å². The predicted molar refractivity (Wildman–Crippen MR) is 58.9 cm³/mol. The number of anilines is 1. The molecule has 0 radical (unpaired) electrons. The Bertz CT molecular complexity index is 504. The summed E-state index contributed by atoms with van der Waals surface area (Å²) in [6.07, 6.45) is -4.37. The van der Waals surface area contributed by atoms with Gasteiger partial charge in [0.1, 0.15) is 11.4 Å². The minimum absolute atomic E-state index is 0.0848.